The number of anilines is 1. The molecule has 3 aromatic carbocycles. The maximum absolute atomic E-state index is 15.4. The second-order valence-electron chi connectivity index (χ2n) is 13.3. The molecule has 1 aliphatic rings. The lowest BCUT2D eigenvalue weighted by atomic mass is 10.0. The fraction of sp³-hybridized carbons (Fsp3) is 0.306. The van der Waals surface area contributed by atoms with Crippen LogP contribution in [0.2, 0.25) is 5.02 Å². The molecule has 6 aromatic rings. The Kier molecular flexibility index (Phi) is 11.1. The highest BCUT2D eigenvalue weighted by Gasteiger charge is 2.51. The first-order valence-corrected chi connectivity index (χ1v) is 19.4. The van der Waals surface area contributed by atoms with Crippen LogP contribution >= 0.6 is 39.5 Å². The summed E-state index contributed by atoms with van der Waals surface area (Å²) >= 11 is 11.0. The number of nitrogens with one attached hydrogen (secondary N) is 2. The zero-order chi connectivity index (χ0) is 41.1. The average molecular weight is 904 g/mol. The lowest BCUT2D eigenvalue weighted by Crippen LogP contribution is -2.38. The maximum Gasteiger partial charge on any atom is 0.292 e. The lowest BCUT2D eigenvalue weighted by Gasteiger charge is -2.24. The molecule has 0 fully saturated rings. The summed E-state index contributed by atoms with van der Waals surface area (Å²) in [7, 11) is 0. The van der Waals surface area contributed by atoms with Crippen molar-refractivity contribution in [1.29, 1.82) is 0 Å². The third-order valence-corrected chi connectivity index (χ3v) is 10.7. The SMILES string of the molecule is CSNc1nn(CC(F)F)c2c(-n3c(C(Cc4cc(F)cc(F)c4)NC(=O)Cn4nc(C(F)F)c5c4C(F)(F)C(C)C5)nc4cc(Br)ccc4c3=O)ccc(Cl)c12. The molecule has 0 saturated heterocycles. The fourth-order valence-electron chi connectivity index (χ4n) is 7.11. The molecule has 0 aliphatic heterocycles. The van der Waals surface area contributed by atoms with E-state index in [2.05, 4.69) is 36.2 Å². The van der Waals surface area contributed by atoms with Gasteiger partial charge in [-0.3, -0.25) is 23.5 Å². The number of fused-ring (bicyclic) bond motifs is 3. The van der Waals surface area contributed by atoms with Gasteiger partial charge in [0.25, 0.3) is 24.3 Å². The number of benzene rings is 3. The Labute approximate surface area is 334 Å². The standard InChI is InChI=1S/C36H28BrClF8N8O2S/c1-15-7-21-29(32(43)44)49-53(31(21)36(15,45)46)14-27(55)47-24(10-16-8-18(39)12-19(40)9-16)34-48-23-11-17(37)3-4-20(23)35(56)54(34)25-6-5-22(38)28-30(25)52(13-26(41)42)50-33(28)51-57-2/h3-6,8-9,11-12,15,24,26,32H,7,10,13-14H2,1-2H3,(H,47,55)(H,50,51). The summed E-state index contributed by atoms with van der Waals surface area (Å²) in [5.74, 6) is -8.26. The van der Waals surface area contributed by atoms with Gasteiger partial charge < -0.3 is 10.0 Å². The number of hydrogen-bond donors (Lipinski definition) is 2. The first-order chi connectivity index (χ1) is 27.0. The van der Waals surface area contributed by atoms with Crippen molar-refractivity contribution in [1.82, 2.24) is 34.4 Å². The van der Waals surface area contributed by atoms with Crippen molar-refractivity contribution in [2.75, 3.05) is 11.0 Å². The maximum atomic E-state index is 15.4. The van der Waals surface area contributed by atoms with Crippen molar-refractivity contribution < 1.29 is 39.9 Å². The topological polar surface area (TPSA) is 112 Å². The number of carbonyl (C=O) groups excluding carboxylic acids is 1. The summed E-state index contributed by atoms with van der Waals surface area (Å²) < 4.78 is 122. The smallest absolute Gasteiger partial charge is 0.292 e. The van der Waals surface area contributed by atoms with Gasteiger partial charge in [0, 0.05) is 34.7 Å². The minimum absolute atomic E-state index is 0.0253. The average Bonchev–Trinajstić information content (AvgIpc) is 3.73. The van der Waals surface area contributed by atoms with Crippen LogP contribution in [-0.2, 0) is 36.6 Å². The molecule has 0 saturated carbocycles. The Hall–Kier alpha value is -4.69. The number of hydrogen-bond acceptors (Lipinski definition) is 7. The van der Waals surface area contributed by atoms with Crippen molar-refractivity contribution in [2.24, 2.45) is 5.92 Å². The van der Waals surface area contributed by atoms with E-state index in [-0.39, 0.29) is 55.3 Å². The lowest BCUT2D eigenvalue weighted by molar-refractivity contribution is -0.123. The predicted octanol–water partition coefficient (Wildman–Crippen LogP) is 8.90. The molecule has 300 valence electrons. The van der Waals surface area contributed by atoms with Crippen LogP contribution in [0.4, 0.5) is 40.9 Å². The minimum Gasteiger partial charge on any atom is -0.344 e. The predicted molar refractivity (Wildman–Crippen MR) is 201 cm³/mol. The van der Waals surface area contributed by atoms with E-state index in [1.54, 1.807) is 12.3 Å². The summed E-state index contributed by atoms with van der Waals surface area (Å²) in [6.07, 6.45) is -5.39. The third-order valence-electron chi connectivity index (χ3n) is 9.47. The molecule has 2 atom stereocenters. The summed E-state index contributed by atoms with van der Waals surface area (Å²) in [6, 6.07) is 8.18. The highest BCUT2D eigenvalue weighted by molar-refractivity contribution is 9.10. The van der Waals surface area contributed by atoms with Crippen LogP contribution in [0.1, 0.15) is 47.7 Å². The van der Waals surface area contributed by atoms with Crippen LogP contribution in [0.25, 0.3) is 27.5 Å². The Morgan fingerprint density at radius 1 is 1.05 bits per heavy atom. The van der Waals surface area contributed by atoms with Crippen molar-refractivity contribution in [3.05, 3.63) is 108 Å². The van der Waals surface area contributed by atoms with Gasteiger partial charge in [0.15, 0.2) is 5.82 Å². The Morgan fingerprint density at radius 3 is 2.44 bits per heavy atom. The number of nitrogens with zero attached hydrogens (tertiary/aromatic N) is 6. The first-order valence-electron chi connectivity index (χ1n) is 17.0. The molecular formula is C36H28BrClF8N8O2S. The number of alkyl halides is 6. The Balaban J connectivity index is 1.46. The molecule has 21 heteroatoms. The number of rotatable bonds is 12. The normalized spacial score (nSPS) is 15.6. The van der Waals surface area contributed by atoms with E-state index in [1.807, 2.05) is 0 Å². The summed E-state index contributed by atoms with van der Waals surface area (Å²) in [4.78, 5) is 33.3. The van der Waals surface area contributed by atoms with Gasteiger partial charge in [-0.1, -0.05) is 46.4 Å². The highest BCUT2D eigenvalue weighted by Crippen LogP contribution is 2.48. The monoisotopic (exact) mass is 902 g/mol. The zero-order valence-corrected chi connectivity index (χ0v) is 32.6. The van der Waals surface area contributed by atoms with E-state index in [4.69, 9.17) is 16.6 Å². The molecule has 1 amide bonds. The van der Waals surface area contributed by atoms with Gasteiger partial charge in [-0.2, -0.15) is 19.0 Å². The van der Waals surface area contributed by atoms with E-state index in [0.717, 1.165) is 33.3 Å². The molecule has 2 N–H and O–H groups in total. The molecule has 2 unspecified atom stereocenters. The fourth-order valence-corrected chi connectivity index (χ4v) is 8.04. The van der Waals surface area contributed by atoms with Gasteiger partial charge in [-0.25, -0.2) is 31.3 Å². The van der Waals surface area contributed by atoms with E-state index in [9.17, 15) is 35.9 Å². The Bertz CT molecular complexity index is 2600. The van der Waals surface area contributed by atoms with Gasteiger partial charge in [-0.15, -0.1) is 0 Å². The van der Waals surface area contributed by atoms with Gasteiger partial charge in [-0.05, 0) is 54.4 Å². The van der Waals surface area contributed by atoms with E-state index in [0.29, 0.717) is 15.2 Å². The first kappa shape index (κ1) is 40.5. The van der Waals surface area contributed by atoms with Gasteiger partial charge >= 0.3 is 0 Å². The summed E-state index contributed by atoms with van der Waals surface area (Å²) in [5.41, 5.74) is -3.01. The van der Waals surface area contributed by atoms with Crippen molar-refractivity contribution in [3.63, 3.8) is 0 Å². The number of carbonyl (C=O) groups is 1. The van der Waals surface area contributed by atoms with E-state index in [1.165, 1.54) is 31.2 Å². The highest BCUT2D eigenvalue weighted by atomic mass is 79.9. The molecule has 0 spiro atoms. The molecule has 1 aliphatic carbocycles. The molecule has 57 heavy (non-hydrogen) atoms. The van der Waals surface area contributed by atoms with Gasteiger partial charge in [0.2, 0.25) is 5.91 Å². The molecule has 0 radical (unpaired) electrons. The number of halogens is 10. The van der Waals surface area contributed by atoms with Crippen LogP contribution in [0.3, 0.4) is 0 Å². The number of amides is 1. The van der Waals surface area contributed by atoms with Crippen LogP contribution in [0, 0.1) is 17.6 Å². The van der Waals surface area contributed by atoms with Crippen LogP contribution in [-0.4, -0.2) is 47.7 Å². The number of aromatic nitrogens is 6. The van der Waals surface area contributed by atoms with Gasteiger partial charge in [0.1, 0.15) is 41.9 Å². The molecular weight excluding hydrogens is 876 g/mol. The second-order valence-corrected chi connectivity index (χ2v) is 15.2. The second kappa shape index (κ2) is 15.6. The van der Waals surface area contributed by atoms with Gasteiger partial charge in [0.05, 0.1) is 38.6 Å². The minimum atomic E-state index is -3.62. The Morgan fingerprint density at radius 2 is 1.77 bits per heavy atom. The molecule has 0 bridgehead atoms. The van der Waals surface area contributed by atoms with Crippen molar-refractivity contribution in [2.45, 2.75) is 57.7 Å². The third kappa shape index (κ3) is 7.58. The van der Waals surface area contributed by atoms with E-state index < -0.39 is 91.2 Å². The molecule has 7 rings (SSSR count). The van der Waals surface area contributed by atoms with Crippen LogP contribution in [0.5, 0.6) is 0 Å². The molecule has 3 heterocycles. The van der Waals surface area contributed by atoms with Crippen LogP contribution < -0.4 is 15.6 Å². The largest absolute Gasteiger partial charge is 0.344 e. The van der Waals surface area contributed by atoms with Crippen molar-refractivity contribution >= 4 is 73.0 Å². The molecule has 10 nitrogen and oxygen atoms in total. The summed E-state index contributed by atoms with van der Waals surface area (Å²) in [6.45, 7) is -0.776. The van der Waals surface area contributed by atoms with Crippen molar-refractivity contribution in [3.8, 4) is 5.69 Å². The summed E-state index contributed by atoms with van der Waals surface area (Å²) in [5, 5.41) is 10.8. The quantitative estimate of drug-likeness (QED) is 0.0933. The zero-order valence-electron chi connectivity index (χ0n) is 29.4. The molecule has 3 aromatic heterocycles. The van der Waals surface area contributed by atoms with Crippen LogP contribution in [0.15, 0.2) is 57.8 Å². The van der Waals surface area contributed by atoms with E-state index >= 15 is 8.78 Å².